The monoisotopic (exact) mass is 261 g/mol. The molecule has 4 nitrogen and oxygen atoms in total. The fourth-order valence-electron chi connectivity index (χ4n) is 2.79. The second-order valence-corrected chi connectivity index (χ2v) is 5.28. The molecule has 4 N–H and O–H groups in total. The van der Waals surface area contributed by atoms with Gasteiger partial charge in [0.2, 0.25) is 0 Å². The van der Waals surface area contributed by atoms with Crippen LogP contribution in [0.5, 0.6) is 0 Å². The molecule has 0 aliphatic heterocycles. The lowest BCUT2D eigenvalue weighted by Gasteiger charge is -2.31. The molecule has 0 spiro atoms. The first-order valence-electron chi connectivity index (χ1n) is 7.12. The summed E-state index contributed by atoms with van der Waals surface area (Å²) in [4.78, 5) is 12.0. The minimum atomic E-state index is -0.116. The number of rotatable bonds is 3. The molecule has 2 amide bonds. The van der Waals surface area contributed by atoms with E-state index in [2.05, 4.69) is 17.6 Å². The number of carbonyl (C=O) groups is 1. The number of nitrogen functional groups attached to an aromatic ring is 1. The minimum Gasteiger partial charge on any atom is -0.399 e. The van der Waals surface area contributed by atoms with Crippen molar-refractivity contribution in [2.24, 2.45) is 5.92 Å². The molecule has 0 heterocycles. The van der Waals surface area contributed by atoms with E-state index in [0.29, 0.717) is 17.6 Å². The number of urea groups is 1. The Bertz CT molecular complexity index is 416. The summed E-state index contributed by atoms with van der Waals surface area (Å²) in [5.74, 6) is 0.617. The van der Waals surface area contributed by atoms with E-state index in [-0.39, 0.29) is 6.03 Å². The van der Waals surface area contributed by atoms with Crippen molar-refractivity contribution in [1.29, 1.82) is 0 Å². The minimum absolute atomic E-state index is 0.116. The average molecular weight is 261 g/mol. The summed E-state index contributed by atoms with van der Waals surface area (Å²) in [7, 11) is 0. The zero-order chi connectivity index (χ0) is 13.7. The Morgan fingerprint density at radius 2 is 1.95 bits per heavy atom. The van der Waals surface area contributed by atoms with Crippen LogP contribution < -0.4 is 16.4 Å². The number of hydrogen-bond acceptors (Lipinski definition) is 2. The topological polar surface area (TPSA) is 67.2 Å². The standard InChI is InChI=1S/C15H23N3O/c1-2-11-5-3-4-6-14(11)18-15(19)17-13-9-7-12(16)8-10-13/h7-11,14H,2-6,16H2,1H3,(H2,17,18,19). The van der Waals surface area contributed by atoms with Crippen molar-refractivity contribution in [3.8, 4) is 0 Å². The van der Waals surface area contributed by atoms with Gasteiger partial charge in [0.05, 0.1) is 0 Å². The van der Waals surface area contributed by atoms with Crippen LogP contribution in [0.15, 0.2) is 24.3 Å². The summed E-state index contributed by atoms with van der Waals surface area (Å²) in [6.45, 7) is 2.20. The maximum atomic E-state index is 12.0. The van der Waals surface area contributed by atoms with Crippen molar-refractivity contribution >= 4 is 17.4 Å². The van der Waals surface area contributed by atoms with Crippen LogP contribution >= 0.6 is 0 Å². The molecule has 104 valence electrons. The molecule has 1 saturated carbocycles. The highest BCUT2D eigenvalue weighted by Crippen LogP contribution is 2.26. The first-order valence-corrected chi connectivity index (χ1v) is 7.12. The van der Waals surface area contributed by atoms with Crippen molar-refractivity contribution in [2.75, 3.05) is 11.1 Å². The third kappa shape index (κ3) is 3.88. The van der Waals surface area contributed by atoms with Gasteiger partial charge in [-0.3, -0.25) is 0 Å². The molecule has 2 rings (SSSR count). The number of anilines is 2. The first kappa shape index (κ1) is 13.7. The van der Waals surface area contributed by atoms with Crippen LogP contribution in [0.25, 0.3) is 0 Å². The van der Waals surface area contributed by atoms with Gasteiger partial charge in [0.1, 0.15) is 0 Å². The molecule has 1 aromatic rings. The molecular formula is C15H23N3O. The van der Waals surface area contributed by atoms with Gasteiger partial charge in [-0.1, -0.05) is 26.2 Å². The van der Waals surface area contributed by atoms with Gasteiger partial charge >= 0.3 is 6.03 Å². The molecule has 1 aliphatic rings. The SMILES string of the molecule is CCC1CCCCC1NC(=O)Nc1ccc(N)cc1. The lowest BCUT2D eigenvalue weighted by Crippen LogP contribution is -2.43. The molecule has 0 radical (unpaired) electrons. The van der Waals surface area contributed by atoms with Gasteiger partial charge in [0.25, 0.3) is 0 Å². The lowest BCUT2D eigenvalue weighted by atomic mass is 9.83. The quantitative estimate of drug-likeness (QED) is 0.730. The van der Waals surface area contributed by atoms with Crippen LogP contribution in [0.3, 0.4) is 0 Å². The Kier molecular flexibility index (Phi) is 4.66. The lowest BCUT2D eigenvalue weighted by molar-refractivity contribution is 0.226. The predicted octanol–water partition coefficient (Wildman–Crippen LogP) is 3.36. The molecule has 2 unspecified atom stereocenters. The number of nitrogens with two attached hydrogens (primary N) is 1. The summed E-state index contributed by atoms with van der Waals surface area (Å²) in [6.07, 6.45) is 5.95. The summed E-state index contributed by atoms with van der Waals surface area (Å²) in [5, 5.41) is 5.96. The summed E-state index contributed by atoms with van der Waals surface area (Å²) in [6, 6.07) is 7.39. The molecule has 1 aromatic carbocycles. The highest BCUT2D eigenvalue weighted by Gasteiger charge is 2.24. The Morgan fingerprint density at radius 1 is 1.26 bits per heavy atom. The van der Waals surface area contributed by atoms with E-state index in [1.54, 1.807) is 12.1 Å². The van der Waals surface area contributed by atoms with E-state index in [4.69, 9.17) is 5.73 Å². The second kappa shape index (κ2) is 6.45. The Hall–Kier alpha value is -1.71. The van der Waals surface area contributed by atoms with Crippen molar-refractivity contribution in [2.45, 2.75) is 45.1 Å². The van der Waals surface area contributed by atoms with Gasteiger partial charge in [-0.25, -0.2) is 4.79 Å². The largest absolute Gasteiger partial charge is 0.399 e. The first-order chi connectivity index (χ1) is 9.19. The Morgan fingerprint density at radius 3 is 2.63 bits per heavy atom. The molecule has 4 heteroatoms. The predicted molar refractivity (Wildman–Crippen MR) is 79.0 cm³/mol. The number of hydrogen-bond donors (Lipinski definition) is 3. The van der Waals surface area contributed by atoms with Crippen molar-refractivity contribution in [1.82, 2.24) is 5.32 Å². The van der Waals surface area contributed by atoms with Gasteiger partial charge in [-0.2, -0.15) is 0 Å². The molecule has 0 bridgehead atoms. The van der Waals surface area contributed by atoms with Crippen LogP contribution in [0, 0.1) is 5.92 Å². The fourth-order valence-corrected chi connectivity index (χ4v) is 2.79. The number of amides is 2. The maximum absolute atomic E-state index is 12.0. The van der Waals surface area contributed by atoms with Crippen LogP contribution in [-0.4, -0.2) is 12.1 Å². The van der Waals surface area contributed by atoms with Gasteiger partial charge in [0, 0.05) is 17.4 Å². The van der Waals surface area contributed by atoms with Crippen LogP contribution in [-0.2, 0) is 0 Å². The zero-order valence-corrected chi connectivity index (χ0v) is 11.5. The Labute approximate surface area is 114 Å². The normalized spacial score (nSPS) is 22.8. The van der Waals surface area contributed by atoms with Gasteiger partial charge < -0.3 is 16.4 Å². The molecule has 0 saturated heterocycles. The third-order valence-corrected chi connectivity index (χ3v) is 3.92. The molecular weight excluding hydrogens is 238 g/mol. The van der Waals surface area contributed by atoms with Crippen molar-refractivity contribution in [3.05, 3.63) is 24.3 Å². The van der Waals surface area contributed by atoms with Crippen molar-refractivity contribution in [3.63, 3.8) is 0 Å². The smallest absolute Gasteiger partial charge is 0.319 e. The van der Waals surface area contributed by atoms with E-state index in [9.17, 15) is 4.79 Å². The number of benzene rings is 1. The van der Waals surface area contributed by atoms with Gasteiger partial charge in [-0.05, 0) is 43.0 Å². The molecule has 1 fully saturated rings. The van der Waals surface area contributed by atoms with Gasteiger partial charge in [0.15, 0.2) is 0 Å². The molecule has 1 aliphatic carbocycles. The zero-order valence-electron chi connectivity index (χ0n) is 11.5. The summed E-state index contributed by atoms with van der Waals surface area (Å²) >= 11 is 0. The fraction of sp³-hybridized carbons (Fsp3) is 0.533. The van der Waals surface area contributed by atoms with Crippen molar-refractivity contribution < 1.29 is 4.79 Å². The Balaban J connectivity index is 1.88. The van der Waals surface area contributed by atoms with Crippen LogP contribution in [0.2, 0.25) is 0 Å². The highest BCUT2D eigenvalue weighted by atomic mass is 16.2. The van der Waals surface area contributed by atoms with Gasteiger partial charge in [-0.15, -0.1) is 0 Å². The van der Waals surface area contributed by atoms with E-state index in [1.165, 1.54) is 19.3 Å². The summed E-state index contributed by atoms with van der Waals surface area (Å²) in [5.41, 5.74) is 7.09. The molecule has 0 aromatic heterocycles. The van der Waals surface area contributed by atoms with E-state index < -0.39 is 0 Å². The van der Waals surface area contributed by atoms with E-state index >= 15 is 0 Å². The molecule has 2 atom stereocenters. The maximum Gasteiger partial charge on any atom is 0.319 e. The summed E-state index contributed by atoms with van der Waals surface area (Å²) < 4.78 is 0. The average Bonchev–Trinajstić information content (AvgIpc) is 2.42. The number of carbonyl (C=O) groups excluding carboxylic acids is 1. The molecule has 19 heavy (non-hydrogen) atoms. The number of nitrogens with one attached hydrogen (secondary N) is 2. The second-order valence-electron chi connectivity index (χ2n) is 5.28. The van der Waals surface area contributed by atoms with Crippen LogP contribution in [0.4, 0.5) is 16.2 Å². The van der Waals surface area contributed by atoms with E-state index in [1.807, 2.05) is 12.1 Å². The highest BCUT2D eigenvalue weighted by molar-refractivity contribution is 5.89. The van der Waals surface area contributed by atoms with Crippen LogP contribution in [0.1, 0.15) is 39.0 Å². The third-order valence-electron chi connectivity index (χ3n) is 3.92. The van der Waals surface area contributed by atoms with E-state index in [0.717, 1.165) is 18.5 Å².